The van der Waals surface area contributed by atoms with E-state index in [0.717, 1.165) is 24.5 Å². The van der Waals surface area contributed by atoms with Crippen molar-refractivity contribution in [3.63, 3.8) is 0 Å². The van der Waals surface area contributed by atoms with E-state index in [0.29, 0.717) is 10.0 Å². The first-order valence-electron chi connectivity index (χ1n) is 5.83. The second-order valence-electron chi connectivity index (χ2n) is 4.06. The maximum absolute atomic E-state index is 6.01. The van der Waals surface area contributed by atoms with Gasteiger partial charge in [-0.15, -0.1) is 0 Å². The lowest BCUT2D eigenvalue weighted by Gasteiger charge is -2.02. The number of benzene rings is 1. The van der Waals surface area contributed by atoms with Crippen LogP contribution in [-0.2, 0) is 6.54 Å². The largest absolute Gasteiger partial charge is 0.313 e. The normalized spacial score (nSPS) is 10.9. The number of aryl methyl sites for hydroxylation is 1. The first-order valence-corrected chi connectivity index (χ1v) is 6.58. The molecule has 5 heteroatoms. The van der Waals surface area contributed by atoms with E-state index < -0.39 is 0 Å². The molecule has 0 saturated carbocycles. The summed E-state index contributed by atoms with van der Waals surface area (Å²) < 4.78 is 1.82. The Morgan fingerprint density at radius 1 is 1.28 bits per heavy atom. The zero-order chi connectivity index (χ0) is 13.1. The molecule has 96 valence electrons. The molecule has 0 spiro atoms. The van der Waals surface area contributed by atoms with Gasteiger partial charge in [0.25, 0.3) is 0 Å². The lowest BCUT2D eigenvalue weighted by molar-refractivity contribution is 0.723. The van der Waals surface area contributed by atoms with Crippen LogP contribution in [0.15, 0.2) is 24.4 Å². The molecule has 1 aromatic heterocycles. The van der Waals surface area contributed by atoms with Crippen molar-refractivity contribution in [2.24, 2.45) is 0 Å². The fourth-order valence-corrected chi connectivity index (χ4v) is 1.98. The van der Waals surface area contributed by atoms with E-state index in [9.17, 15) is 0 Å². The van der Waals surface area contributed by atoms with Gasteiger partial charge < -0.3 is 5.32 Å². The number of aromatic nitrogens is 2. The van der Waals surface area contributed by atoms with Gasteiger partial charge in [-0.1, -0.05) is 30.1 Å². The SMILES string of the molecule is CCNCc1cn(-c2ccc(Cl)c(Cl)c2)nc1C. The Hall–Kier alpha value is -1.03. The van der Waals surface area contributed by atoms with Gasteiger partial charge in [-0.25, -0.2) is 4.68 Å². The molecule has 0 bridgehead atoms. The van der Waals surface area contributed by atoms with Crippen LogP contribution in [0, 0.1) is 6.92 Å². The van der Waals surface area contributed by atoms with Crippen LogP contribution in [0.25, 0.3) is 5.69 Å². The van der Waals surface area contributed by atoms with Gasteiger partial charge in [0.1, 0.15) is 0 Å². The standard InChI is InChI=1S/C13H15Cl2N3/c1-3-16-7-10-8-18(17-9(10)2)11-4-5-12(14)13(15)6-11/h4-6,8,16H,3,7H2,1-2H3. The maximum Gasteiger partial charge on any atom is 0.0661 e. The highest BCUT2D eigenvalue weighted by atomic mass is 35.5. The number of hydrogen-bond acceptors (Lipinski definition) is 2. The second-order valence-corrected chi connectivity index (χ2v) is 4.88. The van der Waals surface area contributed by atoms with Crippen LogP contribution < -0.4 is 5.32 Å². The molecule has 0 radical (unpaired) electrons. The van der Waals surface area contributed by atoms with Crippen molar-refractivity contribution in [3.05, 3.63) is 45.7 Å². The summed E-state index contributed by atoms with van der Waals surface area (Å²) in [5.74, 6) is 0. The summed E-state index contributed by atoms with van der Waals surface area (Å²) in [4.78, 5) is 0. The highest BCUT2D eigenvalue weighted by Gasteiger charge is 2.07. The van der Waals surface area contributed by atoms with Gasteiger partial charge in [0.15, 0.2) is 0 Å². The van der Waals surface area contributed by atoms with E-state index in [1.54, 1.807) is 6.07 Å². The lowest BCUT2D eigenvalue weighted by Crippen LogP contribution is -2.11. The van der Waals surface area contributed by atoms with Gasteiger partial charge in [-0.2, -0.15) is 5.10 Å². The van der Waals surface area contributed by atoms with Crippen LogP contribution in [0.3, 0.4) is 0 Å². The summed E-state index contributed by atoms with van der Waals surface area (Å²) in [6.45, 7) is 5.85. The molecule has 0 amide bonds. The Morgan fingerprint density at radius 2 is 2.06 bits per heavy atom. The topological polar surface area (TPSA) is 29.9 Å². The average molecular weight is 284 g/mol. The second kappa shape index (κ2) is 5.74. The van der Waals surface area contributed by atoms with Gasteiger partial charge in [-0.05, 0) is 31.7 Å². The highest BCUT2D eigenvalue weighted by Crippen LogP contribution is 2.24. The molecule has 0 aliphatic rings. The fraction of sp³-hybridized carbons (Fsp3) is 0.308. The van der Waals surface area contributed by atoms with E-state index in [4.69, 9.17) is 23.2 Å². The van der Waals surface area contributed by atoms with Crippen molar-refractivity contribution in [3.8, 4) is 5.69 Å². The van der Waals surface area contributed by atoms with E-state index in [1.165, 1.54) is 5.56 Å². The van der Waals surface area contributed by atoms with Crippen molar-refractivity contribution in [1.29, 1.82) is 0 Å². The Labute approximate surface area is 117 Å². The molecule has 0 aliphatic carbocycles. The van der Waals surface area contributed by atoms with E-state index in [-0.39, 0.29) is 0 Å². The molecule has 1 N–H and O–H groups in total. The molecule has 0 unspecified atom stereocenters. The quantitative estimate of drug-likeness (QED) is 0.929. The van der Waals surface area contributed by atoms with Crippen LogP contribution in [0.1, 0.15) is 18.2 Å². The average Bonchev–Trinajstić information content (AvgIpc) is 2.72. The summed E-state index contributed by atoms with van der Waals surface area (Å²) in [5, 5.41) is 8.86. The lowest BCUT2D eigenvalue weighted by atomic mass is 10.2. The maximum atomic E-state index is 6.01. The minimum atomic E-state index is 0.538. The van der Waals surface area contributed by atoms with Crippen molar-refractivity contribution < 1.29 is 0 Å². The van der Waals surface area contributed by atoms with Crippen LogP contribution in [0.5, 0.6) is 0 Å². The van der Waals surface area contributed by atoms with Crippen molar-refractivity contribution in [1.82, 2.24) is 15.1 Å². The van der Waals surface area contributed by atoms with E-state index >= 15 is 0 Å². The number of halogens is 2. The molecule has 1 aromatic carbocycles. The third-order valence-corrected chi connectivity index (χ3v) is 3.47. The van der Waals surface area contributed by atoms with Crippen LogP contribution >= 0.6 is 23.2 Å². The summed E-state index contributed by atoms with van der Waals surface area (Å²) >= 11 is 11.9. The molecule has 0 saturated heterocycles. The smallest absolute Gasteiger partial charge is 0.0661 e. The zero-order valence-corrected chi connectivity index (χ0v) is 11.9. The van der Waals surface area contributed by atoms with Gasteiger partial charge in [0.2, 0.25) is 0 Å². The Bertz CT molecular complexity index is 549. The number of nitrogens with zero attached hydrogens (tertiary/aromatic N) is 2. The summed E-state index contributed by atoms with van der Waals surface area (Å²) in [7, 11) is 0. The van der Waals surface area contributed by atoms with Gasteiger partial charge >= 0.3 is 0 Å². The zero-order valence-electron chi connectivity index (χ0n) is 10.4. The molecular formula is C13H15Cl2N3. The van der Waals surface area contributed by atoms with Gasteiger partial charge in [0, 0.05) is 18.3 Å². The molecule has 18 heavy (non-hydrogen) atoms. The monoisotopic (exact) mass is 283 g/mol. The summed E-state index contributed by atoms with van der Waals surface area (Å²) in [6, 6.07) is 5.49. The summed E-state index contributed by atoms with van der Waals surface area (Å²) in [6.07, 6.45) is 2.01. The van der Waals surface area contributed by atoms with E-state index in [2.05, 4.69) is 17.3 Å². The third kappa shape index (κ3) is 2.86. The van der Waals surface area contributed by atoms with Crippen molar-refractivity contribution in [2.75, 3.05) is 6.54 Å². The Kier molecular flexibility index (Phi) is 4.27. The number of hydrogen-bond donors (Lipinski definition) is 1. The van der Waals surface area contributed by atoms with Crippen LogP contribution in [-0.4, -0.2) is 16.3 Å². The molecule has 2 aromatic rings. The predicted molar refractivity (Wildman–Crippen MR) is 75.7 cm³/mol. The molecule has 1 heterocycles. The molecule has 0 fully saturated rings. The first-order chi connectivity index (χ1) is 8.61. The molecule has 0 aliphatic heterocycles. The van der Waals surface area contributed by atoms with Crippen LogP contribution in [0.4, 0.5) is 0 Å². The Balaban J connectivity index is 2.30. The number of nitrogens with one attached hydrogen (secondary N) is 1. The summed E-state index contributed by atoms with van der Waals surface area (Å²) in [5.41, 5.74) is 3.11. The fourth-order valence-electron chi connectivity index (χ4n) is 1.69. The van der Waals surface area contributed by atoms with Crippen molar-refractivity contribution >= 4 is 23.2 Å². The highest BCUT2D eigenvalue weighted by molar-refractivity contribution is 6.42. The molecule has 2 rings (SSSR count). The minimum Gasteiger partial charge on any atom is -0.313 e. The van der Waals surface area contributed by atoms with E-state index in [1.807, 2.05) is 29.9 Å². The molecular weight excluding hydrogens is 269 g/mol. The third-order valence-electron chi connectivity index (χ3n) is 2.73. The van der Waals surface area contributed by atoms with Crippen LogP contribution in [0.2, 0.25) is 10.0 Å². The molecule has 3 nitrogen and oxygen atoms in total. The van der Waals surface area contributed by atoms with Gasteiger partial charge in [0.05, 0.1) is 21.4 Å². The number of rotatable bonds is 4. The first kappa shape index (κ1) is 13.4. The molecule has 0 atom stereocenters. The predicted octanol–water partition coefficient (Wildman–Crippen LogP) is 3.60. The van der Waals surface area contributed by atoms with Gasteiger partial charge in [-0.3, -0.25) is 0 Å². The Morgan fingerprint density at radius 3 is 2.72 bits per heavy atom. The minimum absolute atomic E-state index is 0.538. The van der Waals surface area contributed by atoms with Crippen molar-refractivity contribution in [2.45, 2.75) is 20.4 Å².